The predicted octanol–water partition coefficient (Wildman–Crippen LogP) is 2.88. The van der Waals surface area contributed by atoms with Gasteiger partial charge in [-0.25, -0.2) is 8.78 Å². The largest absolute Gasteiger partial charge is 0.377 e. The molecule has 0 bridgehead atoms. The highest BCUT2D eigenvalue weighted by molar-refractivity contribution is 9.10. The molecule has 1 N–H and O–H groups in total. The number of ether oxygens (including phenoxy) is 1. The summed E-state index contributed by atoms with van der Waals surface area (Å²) in [5.74, 6) is -2.59. The van der Waals surface area contributed by atoms with E-state index in [1.165, 1.54) is 0 Å². The molecule has 0 spiro atoms. The number of halogens is 3. The number of hydrogen-bond acceptors (Lipinski definition) is 2. The third-order valence-corrected chi connectivity index (χ3v) is 2.53. The maximum absolute atomic E-state index is 13.4. The molecule has 0 atom stereocenters. The lowest BCUT2D eigenvalue weighted by atomic mass is 10.2. The molecule has 0 aromatic heterocycles. The van der Waals surface area contributed by atoms with Gasteiger partial charge in [-0.05, 0) is 26.0 Å². The van der Waals surface area contributed by atoms with Gasteiger partial charge in [0.2, 0.25) is 0 Å². The van der Waals surface area contributed by atoms with Crippen LogP contribution in [0.2, 0.25) is 0 Å². The van der Waals surface area contributed by atoms with Gasteiger partial charge in [0.15, 0.2) is 0 Å². The van der Waals surface area contributed by atoms with Gasteiger partial charge in [0, 0.05) is 11.0 Å². The zero-order valence-corrected chi connectivity index (χ0v) is 11.7. The Balaban J connectivity index is 2.62. The summed E-state index contributed by atoms with van der Waals surface area (Å²) in [6.45, 7) is 4.21. The predicted molar refractivity (Wildman–Crippen MR) is 67.5 cm³/mol. The van der Waals surface area contributed by atoms with Crippen LogP contribution in [-0.2, 0) is 4.74 Å². The van der Waals surface area contributed by atoms with Gasteiger partial charge < -0.3 is 10.1 Å². The van der Waals surface area contributed by atoms with Gasteiger partial charge in [0.05, 0.1) is 12.7 Å². The minimum absolute atomic E-state index is 0.0445. The summed E-state index contributed by atoms with van der Waals surface area (Å²) in [6.07, 6.45) is 0.0445. The van der Waals surface area contributed by atoms with Gasteiger partial charge >= 0.3 is 0 Å². The molecule has 0 unspecified atom stereocenters. The summed E-state index contributed by atoms with van der Waals surface area (Å²) in [6, 6.07) is 2.09. The van der Waals surface area contributed by atoms with Crippen LogP contribution in [0.1, 0.15) is 24.2 Å². The van der Waals surface area contributed by atoms with Gasteiger partial charge in [-0.3, -0.25) is 4.79 Å². The minimum atomic E-state index is -0.899. The summed E-state index contributed by atoms with van der Waals surface area (Å²) in [4.78, 5) is 11.6. The summed E-state index contributed by atoms with van der Waals surface area (Å²) in [7, 11) is 0. The molecule has 0 radical (unpaired) electrons. The monoisotopic (exact) mass is 321 g/mol. The normalized spacial score (nSPS) is 10.8. The average molecular weight is 322 g/mol. The quantitative estimate of drug-likeness (QED) is 0.847. The van der Waals surface area contributed by atoms with Crippen molar-refractivity contribution in [2.24, 2.45) is 0 Å². The first-order chi connectivity index (χ1) is 8.41. The van der Waals surface area contributed by atoms with Crippen molar-refractivity contribution in [2.75, 3.05) is 13.2 Å². The maximum Gasteiger partial charge on any atom is 0.257 e. The Hall–Kier alpha value is -1.01. The molecule has 1 aromatic rings. The van der Waals surface area contributed by atoms with E-state index in [1.54, 1.807) is 0 Å². The van der Waals surface area contributed by atoms with Crippen molar-refractivity contribution in [3.05, 3.63) is 33.8 Å². The molecule has 1 amide bonds. The fourth-order valence-electron chi connectivity index (χ4n) is 1.31. The Morgan fingerprint density at radius 1 is 1.39 bits per heavy atom. The van der Waals surface area contributed by atoms with E-state index in [0.29, 0.717) is 6.61 Å². The number of carbonyl (C=O) groups excluding carboxylic acids is 1. The van der Waals surface area contributed by atoms with Crippen molar-refractivity contribution in [1.82, 2.24) is 5.32 Å². The summed E-state index contributed by atoms with van der Waals surface area (Å²) in [5, 5.41) is 2.40. The van der Waals surface area contributed by atoms with Gasteiger partial charge in [-0.1, -0.05) is 15.9 Å². The van der Waals surface area contributed by atoms with Crippen LogP contribution in [0.5, 0.6) is 0 Å². The van der Waals surface area contributed by atoms with Crippen molar-refractivity contribution in [2.45, 2.75) is 20.0 Å². The Kier molecular flexibility index (Phi) is 5.68. The molecule has 0 saturated carbocycles. The number of rotatable bonds is 5. The van der Waals surface area contributed by atoms with Crippen LogP contribution in [-0.4, -0.2) is 25.2 Å². The van der Waals surface area contributed by atoms with Crippen LogP contribution in [0.3, 0.4) is 0 Å². The van der Waals surface area contributed by atoms with E-state index in [9.17, 15) is 13.6 Å². The first-order valence-corrected chi connectivity index (χ1v) is 6.25. The standard InChI is InChI=1S/C12H14BrF2NO2/c1-7(2)18-4-3-16-12(17)11-9(14)5-8(13)6-10(11)15/h5-7H,3-4H2,1-2H3,(H,16,17). The molecule has 1 rings (SSSR count). The van der Waals surface area contributed by atoms with Gasteiger partial charge in [-0.2, -0.15) is 0 Å². The van der Waals surface area contributed by atoms with Crippen LogP contribution in [0, 0.1) is 11.6 Å². The second-order valence-corrected chi connectivity index (χ2v) is 4.84. The molecule has 0 fully saturated rings. The fraction of sp³-hybridized carbons (Fsp3) is 0.417. The molecule has 0 aliphatic rings. The summed E-state index contributed by atoms with van der Waals surface area (Å²) < 4.78 is 32.3. The van der Waals surface area contributed by atoms with Gasteiger partial charge in [0.25, 0.3) is 5.91 Å². The molecule has 6 heteroatoms. The molecule has 0 heterocycles. The van der Waals surface area contributed by atoms with Crippen molar-refractivity contribution in [3.8, 4) is 0 Å². The maximum atomic E-state index is 13.4. The van der Waals surface area contributed by atoms with Crippen LogP contribution >= 0.6 is 15.9 Å². The second-order valence-electron chi connectivity index (χ2n) is 3.92. The van der Waals surface area contributed by atoms with E-state index < -0.39 is 23.1 Å². The average Bonchev–Trinajstić information content (AvgIpc) is 2.22. The molecule has 0 saturated heterocycles. The van der Waals surface area contributed by atoms with Crippen molar-refractivity contribution in [1.29, 1.82) is 0 Å². The molecule has 0 aliphatic carbocycles. The molecule has 18 heavy (non-hydrogen) atoms. The molecule has 3 nitrogen and oxygen atoms in total. The van der Waals surface area contributed by atoms with E-state index >= 15 is 0 Å². The Bertz CT molecular complexity index is 415. The van der Waals surface area contributed by atoms with Crippen molar-refractivity contribution in [3.63, 3.8) is 0 Å². The highest BCUT2D eigenvalue weighted by Gasteiger charge is 2.17. The summed E-state index contributed by atoms with van der Waals surface area (Å²) in [5.41, 5.74) is -0.581. The molecule has 1 aromatic carbocycles. The SMILES string of the molecule is CC(C)OCCNC(=O)c1c(F)cc(Br)cc1F. The lowest BCUT2D eigenvalue weighted by Crippen LogP contribution is -2.29. The molecular weight excluding hydrogens is 308 g/mol. The number of hydrogen-bond donors (Lipinski definition) is 1. The van der Waals surface area contributed by atoms with E-state index in [2.05, 4.69) is 21.2 Å². The smallest absolute Gasteiger partial charge is 0.257 e. The van der Waals surface area contributed by atoms with E-state index in [4.69, 9.17) is 4.74 Å². The molecular formula is C12H14BrF2NO2. The lowest BCUT2D eigenvalue weighted by molar-refractivity contribution is 0.0743. The molecule has 0 aliphatic heterocycles. The first kappa shape index (κ1) is 15.0. The minimum Gasteiger partial charge on any atom is -0.377 e. The zero-order chi connectivity index (χ0) is 13.7. The number of carbonyl (C=O) groups is 1. The lowest BCUT2D eigenvalue weighted by Gasteiger charge is -2.09. The first-order valence-electron chi connectivity index (χ1n) is 5.46. The van der Waals surface area contributed by atoms with Crippen LogP contribution in [0.15, 0.2) is 16.6 Å². The number of benzene rings is 1. The van der Waals surface area contributed by atoms with Crippen molar-refractivity contribution < 1.29 is 18.3 Å². The highest BCUT2D eigenvalue weighted by atomic mass is 79.9. The fourth-order valence-corrected chi connectivity index (χ4v) is 1.71. The van der Waals surface area contributed by atoms with Crippen molar-refractivity contribution >= 4 is 21.8 Å². The second kappa shape index (κ2) is 6.80. The van der Waals surface area contributed by atoms with E-state index in [-0.39, 0.29) is 17.1 Å². The number of nitrogens with one attached hydrogen (secondary N) is 1. The Morgan fingerprint density at radius 2 is 1.94 bits per heavy atom. The molecule has 100 valence electrons. The van der Waals surface area contributed by atoms with Gasteiger partial charge in [0.1, 0.15) is 17.2 Å². The third-order valence-electron chi connectivity index (χ3n) is 2.07. The highest BCUT2D eigenvalue weighted by Crippen LogP contribution is 2.19. The van der Waals surface area contributed by atoms with Crippen LogP contribution < -0.4 is 5.32 Å². The summed E-state index contributed by atoms with van der Waals surface area (Å²) >= 11 is 2.94. The van der Waals surface area contributed by atoms with Crippen LogP contribution in [0.25, 0.3) is 0 Å². The van der Waals surface area contributed by atoms with E-state index in [0.717, 1.165) is 12.1 Å². The number of amides is 1. The van der Waals surface area contributed by atoms with E-state index in [1.807, 2.05) is 13.8 Å². The zero-order valence-electron chi connectivity index (χ0n) is 10.1. The Morgan fingerprint density at radius 3 is 2.44 bits per heavy atom. The van der Waals surface area contributed by atoms with Crippen LogP contribution in [0.4, 0.5) is 8.78 Å². The van der Waals surface area contributed by atoms with Gasteiger partial charge in [-0.15, -0.1) is 0 Å². The third kappa shape index (κ3) is 4.34. The topological polar surface area (TPSA) is 38.3 Å². The Labute approximate surface area is 113 Å².